The maximum atomic E-state index is 15.1. The van der Waals surface area contributed by atoms with E-state index in [0.717, 1.165) is 73.2 Å². The van der Waals surface area contributed by atoms with Crippen LogP contribution in [0.15, 0.2) is 97.2 Å². The zero-order valence-electron chi connectivity index (χ0n) is 63.1. The quantitative estimate of drug-likeness (QED) is 0.0138. The van der Waals surface area contributed by atoms with Gasteiger partial charge in [-0.25, -0.2) is 24.4 Å². The van der Waals surface area contributed by atoms with Gasteiger partial charge in [0.15, 0.2) is 10.8 Å². The Hall–Kier alpha value is -10.3. The number of urea groups is 1. The number of amides is 10. The molecule has 604 valence electrons. The van der Waals surface area contributed by atoms with Crippen LogP contribution in [0.25, 0.3) is 21.3 Å². The third-order valence-electron chi connectivity index (χ3n) is 22.0. The van der Waals surface area contributed by atoms with Crippen LogP contribution in [0.1, 0.15) is 129 Å². The van der Waals surface area contributed by atoms with Gasteiger partial charge in [-0.1, -0.05) is 75.4 Å². The van der Waals surface area contributed by atoms with Crippen LogP contribution in [0.3, 0.4) is 0 Å². The van der Waals surface area contributed by atoms with E-state index < -0.39 is 154 Å². The van der Waals surface area contributed by atoms with Crippen molar-refractivity contribution < 1.29 is 93.2 Å². The maximum Gasteiger partial charge on any atom is 0.410 e. The van der Waals surface area contributed by atoms with Gasteiger partial charge in [0, 0.05) is 85.9 Å². The second kappa shape index (κ2) is 33.0. The predicted molar refractivity (Wildman–Crippen MR) is 412 cm³/mol. The number of carboxylic acid groups (broad SMARTS) is 1. The second-order valence-electron chi connectivity index (χ2n) is 31.4. The number of aromatic nitrogens is 4. The van der Waals surface area contributed by atoms with Gasteiger partial charge in [0.1, 0.15) is 30.6 Å². The highest BCUT2D eigenvalue weighted by atomic mass is 32.2. The lowest BCUT2D eigenvalue weighted by molar-refractivity contribution is -0.248. The number of nitrogens with one attached hydrogen (secondary N) is 3. The van der Waals surface area contributed by atoms with Crippen LogP contribution < -0.4 is 37.2 Å². The molecule has 4 aliphatic carbocycles. The summed E-state index contributed by atoms with van der Waals surface area (Å²) in [5.41, 5.74) is 15.0. The first-order valence-electron chi connectivity index (χ1n) is 37.1. The van der Waals surface area contributed by atoms with Crippen molar-refractivity contribution in [2.45, 2.75) is 148 Å². The van der Waals surface area contributed by atoms with Crippen LogP contribution in [0.5, 0.6) is 0 Å². The Bertz CT molecular complexity index is 4940. The number of thiazole rings is 1. The number of primary amides is 2. The van der Waals surface area contributed by atoms with Gasteiger partial charge in [-0.3, -0.25) is 62.5 Å². The monoisotopic (exact) mass is 1620 g/mol. The molecule has 7 aliphatic rings. The fraction of sp³-hybridized carbons (Fsp3) is 0.487. The summed E-state index contributed by atoms with van der Waals surface area (Å²) in [7, 11) is -9.06. The van der Waals surface area contributed by atoms with Crippen molar-refractivity contribution in [2.75, 3.05) is 79.2 Å². The van der Waals surface area contributed by atoms with Crippen LogP contribution in [0.2, 0.25) is 0 Å². The highest BCUT2D eigenvalue weighted by Gasteiger charge is 2.66. The number of rotatable bonds is 34. The average molecular weight is 1620 g/mol. The third-order valence-corrected chi connectivity index (χ3v) is 24.4. The zero-order valence-corrected chi connectivity index (χ0v) is 65.5. The predicted octanol–water partition coefficient (Wildman–Crippen LogP) is 5.61. The van der Waals surface area contributed by atoms with Gasteiger partial charge >= 0.3 is 18.1 Å². The lowest BCUT2D eigenvalue weighted by Crippen LogP contribution is -2.64. The van der Waals surface area contributed by atoms with Crippen LogP contribution in [-0.2, 0) is 89.3 Å². The van der Waals surface area contributed by atoms with Crippen molar-refractivity contribution >= 4 is 118 Å². The first-order chi connectivity index (χ1) is 53.4. The van der Waals surface area contributed by atoms with E-state index in [2.05, 4.69) is 34.8 Å². The Morgan fingerprint density at radius 2 is 1.52 bits per heavy atom. The van der Waals surface area contributed by atoms with Gasteiger partial charge in [0.25, 0.3) is 43.9 Å². The minimum atomic E-state index is -4.61. The summed E-state index contributed by atoms with van der Waals surface area (Å²) in [6, 6.07) is 16.5. The van der Waals surface area contributed by atoms with E-state index in [1.807, 2.05) is 52.9 Å². The number of likely N-dealkylation sites (tertiary alicyclic amines) is 1. The summed E-state index contributed by atoms with van der Waals surface area (Å²) in [6.45, 7) is 8.13. The number of pyridine rings is 1. The van der Waals surface area contributed by atoms with E-state index in [9.17, 15) is 74.2 Å². The molecule has 10 N–H and O–H groups in total. The maximum absolute atomic E-state index is 15.1. The molecule has 1 saturated heterocycles. The molecule has 2 unspecified atom stereocenters. The molecule has 4 bridgehead atoms. The molecule has 34 nitrogen and oxygen atoms in total. The van der Waals surface area contributed by atoms with Crippen molar-refractivity contribution in [1.82, 2.24) is 45.1 Å². The standard InChI is InChI=1S/C76H92N14O20S3/c1-45(2)63(83-60(91)35-87-50(37-108-29-31-113(105,106)107)32-57(67(87)96)90-61(92)21-22-62(90)93)68(97)89(56(65(77)94)13-9-24-79-70(78)100)49-17-15-47(16-18-49)36-109-72(101)85(27-30-112(102,103)104)26-28-110-76-41-73(4)38-74(5,42-76)40-75(39-73,43-76)44-88-46(3)53(33-80-88)51-19-20-59(82-64(51)69(98)99)86-25-23-48-10-8-11-52(54(48)34-86)66(95)84-71-81-55-12-6-7-14-58(55)111-71/h6-8,10-12,14-22,33,45,50,56-57,63H,9,13,23-32,34-44H2,1-5H3,(H2,77,94)(H,83,91)(H,98,99)(H3,78,79,100)(H,81,84,95)(H,102,103,104)(H,105,106,107)/t50-,56-,57-,63-,73?,74?,75?,76?/m0/s1. The second-order valence-corrected chi connectivity index (χ2v) is 35.6. The zero-order chi connectivity index (χ0) is 81.3. The number of anilines is 3. The van der Waals surface area contributed by atoms with Gasteiger partial charge in [-0.2, -0.15) is 21.9 Å². The largest absolute Gasteiger partial charge is 0.476 e. The molecule has 10 amide bonds. The van der Waals surface area contributed by atoms with Crippen LogP contribution in [0, 0.1) is 29.1 Å². The van der Waals surface area contributed by atoms with Gasteiger partial charge in [0.05, 0.1) is 65.9 Å². The number of nitrogens with two attached hydrogens (primary N) is 2. The molecular weight excluding hydrogens is 1530 g/mol. The van der Waals surface area contributed by atoms with E-state index in [-0.39, 0.29) is 72.5 Å². The number of imide groups is 1. The topological polar surface area (TPSA) is 475 Å². The Balaban J connectivity index is 0.708. The first-order valence-corrected chi connectivity index (χ1v) is 41.2. The van der Waals surface area contributed by atoms with Crippen molar-refractivity contribution in [2.24, 2.45) is 33.6 Å². The summed E-state index contributed by atoms with van der Waals surface area (Å²) in [4.78, 5) is 150. The van der Waals surface area contributed by atoms with E-state index in [4.69, 9.17) is 35.8 Å². The SMILES string of the molecule is Cc1c(-c2ccc(N3CCc4cccc(C(=O)Nc5nc6ccccc6s5)c4C3)nc2C(=O)O)cnn1CC12CC3(C)CC(C)(C1)CC(OCCN(CCS(=O)(=O)O)C(=O)OCc1ccc(N(C(=O)[C@@H](NC(=O)CN4C(=O)[C@@H](N5C(=O)C=CC5=O)C[C@H]4COCCS(=O)(=O)O)C(C)C)[C@@H](CCCNC(N)=O)C(N)=O)cc1)(C3)C2. The smallest absolute Gasteiger partial charge is 0.410 e. The van der Waals surface area contributed by atoms with Crippen LogP contribution >= 0.6 is 11.3 Å². The third kappa shape index (κ3) is 19.0. The van der Waals surface area contributed by atoms with Gasteiger partial charge in [-0.15, -0.1) is 0 Å². The highest BCUT2D eigenvalue weighted by Crippen LogP contribution is 2.72. The molecule has 6 heterocycles. The molecule has 0 spiro atoms. The van der Waals surface area contributed by atoms with Crippen LogP contribution in [0.4, 0.5) is 26.2 Å². The number of hydrogen-bond donors (Lipinski definition) is 8. The summed E-state index contributed by atoms with van der Waals surface area (Å²) >= 11 is 1.38. The number of fused-ring (bicyclic) bond motifs is 2. The molecule has 6 aromatic rings. The minimum absolute atomic E-state index is 0.0375. The van der Waals surface area contributed by atoms with Crippen LogP contribution in [-0.4, -0.2) is 219 Å². The molecule has 3 aliphatic heterocycles. The molecule has 6 atom stereocenters. The highest BCUT2D eigenvalue weighted by molar-refractivity contribution is 7.86. The number of aromatic carboxylic acids is 1. The summed E-state index contributed by atoms with van der Waals surface area (Å²) in [5, 5.41) is 24.2. The number of carbonyl (C=O) groups is 10. The number of benzene rings is 3. The summed E-state index contributed by atoms with van der Waals surface area (Å²) < 4.78 is 87.7. The Morgan fingerprint density at radius 3 is 2.19 bits per heavy atom. The number of para-hydroxylation sites is 1. The minimum Gasteiger partial charge on any atom is -0.476 e. The lowest BCUT2D eigenvalue weighted by Gasteiger charge is -2.69. The molecule has 3 aromatic heterocycles. The number of carboxylic acids is 1. The summed E-state index contributed by atoms with van der Waals surface area (Å²) in [6.07, 6.45) is 7.62. The van der Waals surface area contributed by atoms with E-state index in [1.54, 1.807) is 38.2 Å². The molecule has 113 heavy (non-hydrogen) atoms. The molecule has 37 heteroatoms. The Kier molecular flexibility index (Phi) is 24.0. The Morgan fingerprint density at radius 1 is 0.814 bits per heavy atom. The number of nitrogens with zero attached hydrogens (tertiary/aromatic N) is 9. The molecule has 4 saturated carbocycles. The normalized spacial score (nSPS) is 22.4. The first kappa shape index (κ1) is 82.2. The fourth-order valence-corrected chi connectivity index (χ4v) is 19.9. The average Bonchev–Trinajstić information content (AvgIpc) is 0.780. The molecular formula is C76H92N14O20S3. The number of ether oxygens (including phenoxy) is 3. The molecule has 5 fully saturated rings. The molecule has 3 aromatic carbocycles. The molecule has 13 rings (SSSR count). The Labute approximate surface area is 655 Å². The van der Waals surface area contributed by atoms with Crippen molar-refractivity contribution in [3.8, 4) is 11.1 Å². The van der Waals surface area contributed by atoms with Crippen molar-refractivity contribution in [3.05, 3.63) is 131 Å². The van der Waals surface area contributed by atoms with E-state index >= 15 is 4.79 Å². The van der Waals surface area contributed by atoms with Gasteiger partial charge in [0.2, 0.25) is 17.7 Å². The summed E-state index contributed by atoms with van der Waals surface area (Å²) in [5.74, 6) is -8.63. The lowest BCUT2D eigenvalue weighted by atomic mass is 9.39. The van der Waals surface area contributed by atoms with E-state index in [0.29, 0.717) is 83.4 Å². The number of hydrogen-bond acceptors (Lipinski definition) is 22. The van der Waals surface area contributed by atoms with Crippen molar-refractivity contribution in [1.29, 1.82) is 0 Å². The fourth-order valence-electron chi connectivity index (χ4n) is 18.2. The van der Waals surface area contributed by atoms with Gasteiger partial charge < -0.3 is 56.1 Å². The van der Waals surface area contributed by atoms with Crippen molar-refractivity contribution in [3.63, 3.8) is 0 Å². The molecule has 0 radical (unpaired) electrons. The van der Waals surface area contributed by atoms with Gasteiger partial charge in [-0.05, 0) is 146 Å². The van der Waals surface area contributed by atoms with E-state index in [1.165, 1.54) is 35.6 Å². The number of carbonyl (C=O) groups excluding carboxylic acids is 9.